The Morgan fingerprint density at radius 2 is 1.94 bits per heavy atom. The Bertz CT molecular complexity index is 326. The zero-order valence-electron chi connectivity index (χ0n) is 11.6. The molecule has 2 nitrogen and oxygen atoms in total. The van der Waals surface area contributed by atoms with Crippen LogP contribution in [0.1, 0.15) is 32.3 Å². The van der Waals surface area contributed by atoms with E-state index in [0.29, 0.717) is 6.04 Å². The summed E-state index contributed by atoms with van der Waals surface area (Å²) < 4.78 is 18.2. The number of ether oxygens (including phenoxy) is 1. The molecule has 0 aliphatic rings. The molecule has 3 heteroatoms. The fourth-order valence-electron chi connectivity index (χ4n) is 1.99. The Labute approximate surface area is 110 Å². The molecule has 0 aliphatic carbocycles. The molecule has 1 aromatic rings. The van der Waals surface area contributed by atoms with Crippen molar-refractivity contribution >= 4 is 0 Å². The van der Waals surface area contributed by atoms with Gasteiger partial charge in [-0.25, -0.2) is 4.39 Å². The molecular weight excluding hydrogens is 229 g/mol. The van der Waals surface area contributed by atoms with Crippen LogP contribution in [-0.2, 0) is 11.2 Å². The van der Waals surface area contributed by atoms with Crippen LogP contribution in [0.15, 0.2) is 24.3 Å². The summed E-state index contributed by atoms with van der Waals surface area (Å²) in [6.07, 6.45) is 3.23. The van der Waals surface area contributed by atoms with Crippen LogP contribution in [0.2, 0.25) is 0 Å². The molecule has 0 saturated heterocycles. The van der Waals surface area contributed by atoms with E-state index in [4.69, 9.17) is 4.74 Å². The highest BCUT2D eigenvalue weighted by Crippen LogP contribution is 2.10. The first-order valence-electron chi connectivity index (χ1n) is 6.66. The van der Waals surface area contributed by atoms with Crippen molar-refractivity contribution in [3.8, 4) is 0 Å². The molecule has 1 aromatic carbocycles. The molecule has 1 rings (SSSR count). The number of nitrogens with one attached hydrogen (secondary N) is 1. The zero-order valence-corrected chi connectivity index (χ0v) is 11.6. The predicted molar refractivity (Wildman–Crippen MR) is 73.3 cm³/mol. The van der Waals surface area contributed by atoms with E-state index in [1.165, 1.54) is 12.1 Å². The Morgan fingerprint density at radius 1 is 1.28 bits per heavy atom. The van der Waals surface area contributed by atoms with Gasteiger partial charge in [-0.2, -0.15) is 0 Å². The van der Waals surface area contributed by atoms with E-state index in [0.717, 1.165) is 31.4 Å². The van der Waals surface area contributed by atoms with Crippen LogP contribution in [0, 0.1) is 5.82 Å². The number of hydrogen-bond donors (Lipinski definition) is 1. The minimum absolute atomic E-state index is 0.179. The molecular formula is C15H24FNO. The van der Waals surface area contributed by atoms with Gasteiger partial charge in [-0.3, -0.25) is 0 Å². The summed E-state index contributed by atoms with van der Waals surface area (Å²) in [5, 5.41) is 3.52. The van der Waals surface area contributed by atoms with Gasteiger partial charge in [-0.05, 0) is 50.4 Å². The molecule has 0 heterocycles. The van der Waals surface area contributed by atoms with Gasteiger partial charge in [-0.1, -0.05) is 19.1 Å². The average molecular weight is 253 g/mol. The van der Waals surface area contributed by atoms with Crippen molar-refractivity contribution in [3.05, 3.63) is 35.6 Å². The molecule has 0 bridgehead atoms. The van der Waals surface area contributed by atoms with E-state index in [2.05, 4.69) is 19.2 Å². The minimum atomic E-state index is -0.179. The summed E-state index contributed by atoms with van der Waals surface area (Å²) in [6.45, 7) is 5.23. The second kappa shape index (κ2) is 8.22. The zero-order chi connectivity index (χ0) is 13.4. The first kappa shape index (κ1) is 15.1. The molecule has 18 heavy (non-hydrogen) atoms. The molecule has 0 fully saturated rings. The largest absolute Gasteiger partial charge is 0.382 e. The molecule has 0 saturated carbocycles. The number of benzene rings is 1. The maximum atomic E-state index is 12.9. The van der Waals surface area contributed by atoms with Crippen molar-refractivity contribution in [3.63, 3.8) is 0 Å². The Balaban J connectivity index is 2.56. The first-order chi connectivity index (χ1) is 8.65. The lowest BCUT2D eigenvalue weighted by Gasteiger charge is -2.21. The fraction of sp³-hybridized carbons (Fsp3) is 0.600. The predicted octanol–water partition coefficient (Wildman–Crippen LogP) is 3.16. The molecule has 0 aromatic heterocycles. The van der Waals surface area contributed by atoms with Crippen LogP contribution in [0.4, 0.5) is 4.39 Å². The molecule has 1 N–H and O–H groups in total. The smallest absolute Gasteiger partial charge is 0.123 e. The van der Waals surface area contributed by atoms with Crippen LogP contribution in [-0.4, -0.2) is 25.8 Å². The van der Waals surface area contributed by atoms with Gasteiger partial charge in [0.1, 0.15) is 5.82 Å². The minimum Gasteiger partial charge on any atom is -0.382 e. The van der Waals surface area contributed by atoms with Gasteiger partial charge in [0, 0.05) is 13.2 Å². The van der Waals surface area contributed by atoms with Crippen LogP contribution in [0.5, 0.6) is 0 Å². The lowest BCUT2D eigenvalue weighted by atomic mass is 10.0. The van der Waals surface area contributed by atoms with Crippen LogP contribution < -0.4 is 5.32 Å². The highest BCUT2D eigenvalue weighted by atomic mass is 19.1. The Kier molecular flexibility index (Phi) is 6.91. The Hall–Kier alpha value is -0.930. The van der Waals surface area contributed by atoms with Gasteiger partial charge in [0.2, 0.25) is 0 Å². The fourth-order valence-corrected chi connectivity index (χ4v) is 1.99. The monoisotopic (exact) mass is 253 g/mol. The van der Waals surface area contributed by atoms with Crippen molar-refractivity contribution in [2.45, 2.75) is 45.3 Å². The molecule has 0 amide bonds. The van der Waals surface area contributed by atoms with Crippen molar-refractivity contribution in [2.24, 2.45) is 0 Å². The third-order valence-electron chi connectivity index (χ3n) is 3.10. The first-order valence-corrected chi connectivity index (χ1v) is 6.66. The highest BCUT2D eigenvalue weighted by molar-refractivity contribution is 5.17. The molecule has 0 spiro atoms. The summed E-state index contributed by atoms with van der Waals surface area (Å²) >= 11 is 0. The molecule has 2 atom stereocenters. The van der Waals surface area contributed by atoms with E-state index in [1.54, 1.807) is 7.11 Å². The normalized spacial score (nSPS) is 14.4. The second-order valence-corrected chi connectivity index (χ2v) is 4.76. The molecule has 2 unspecified atom stereocenters. The van der Waals surface area contributed by atoms with Gasteiger partial charge in [0.05, 0.1) is 6.10 Å². The van der Waals surface area contributed by atoms with Gasteiger partial charge in [0.25, 0.3) is 0 Å². The maximum Gasteiger partial charge on any atom is 0.123 e. The SMILES string of the molecule is CCCNC(Cc1ccc(F)cc1)CC(C)OC. The molecule has 102 valence electrons. The third-order valence-corrected chi connectivity index (χ3v) is 3.10. The Morgan fingerprint density at radius 3 is 2.50 bits per heavy atom. The second-order valence-electron chi connectivity index (χ2n) is 4.76. The highest BCUT2D eigenvalue weighted by Gasteiger charge is 2.13. The van der Waals surface area contributed by atoms with Gasteiger partial charge in [-0.15, -0.1) is 0 Å². The van der Waals surface area contributed by atoms with Crippen LogP contribution in [0.25, 0.3) is 0 Å². The van der Waals surface area contributed by atoms with E-state index in [1.807, 2.05) is 12.1 Å². The van der Waals surface area contributed by atoms with E-state index in [-0.39, 0.29) is 11.9 Å². The number of halogens is 1. The number of hydrogen-bond acceptors (Lipinski definition) is 2. The van der Waals surface area contributed by atoms with Crippen molar-refractivity contribution in [1.29, 1.82) is 0 Å². The van der Waals surface area contributed by atoms with Crippen LogP contribution >= 0.6 is 0 Å². The van der Waals surface area contributed by atoms with E-state index >= 15 is 0 Å². The number of rotatable bonds is 8. The van der Waals surface area contributed by atoms with Gasteiger partial charge >= 0.3 is 0 Å². The summed E-state index contributed by atoms with van der Waals surface area (Å²) in [5.74, 6) is -0.179. The van der Waals surface area contributed by atoms with Crippen LogP contribution in [0.3, 0.4) is 0 Å². The van der Waals surface area contributed by atoms with E-state index < -0.39 is 0 Å². The third kappa shape index (κ3) is 5.61. The van der Waals surface area contributed by atoms with Gasteiger partial charge < -0.3 is 10.1 Å². The van der Waals surface area contributed by atoms with Crippen molar-refractivity contribution < 1.29 is 9.13 Å². The quantitative estimate of drug-likeness (QED) is 0.768. The van der Waals surface area contributed by atoms with Crippen molar-refractivity contribution in [1.82, 2.24) is 5.32 Å². The summed E-state index contributed by atoms with van der Waals surface area (Å²) in [6, 6.07) is 7.13. The summed E-state index contributed by atoms with van der Waals surface area (Å²) in [7, 11) is 1.74. The van der Waals surface area contributed by atoms with Gasteiger partial charge in [0.15, 0.2) is 0 Å². The van der Waals surface area contributed by atoms with E-state index in [9.17, 15) is 4.39 Å². The summed E-state index contributed by atoms with van der Waals surface area (Å²) in [4.78, 5) is 0. The molecule has 0 radical (unpaired) electrons. The standard InChI is InChI=1S/C15H24FNO/c1-4-9-17-15(10-12(2)18-3)11-13-5-7-14(16)8-6-13/h5-8,12,15,17H,4,9-11H2,1-3H3. The number of methoxy groups -OCH3 is 1. The topological polar surface area (TPSA) is 21.3 Å². The lowest BCUT2D eigenvalue weighted by molar-refractivity contribution is 0.100. The average Bonchev–Trinajstić information content (AvgIpc) is 2.38. The lowest BCUT2D eigenvalue weighted by Crippen LogP contribution is -2.35. The van der Waals surface area contributed by atoms with Crippen molar-refractivity contribution in [2.75, 3.05) is 13.7 Å². The maximum absolute atomic E-state index is 12.9. The molecule has 0 aliphatic heterocycles. The summed E-state index contributed by atoms with van der Waals surface area (Å²) in [5.41, 5.74) is 1.16.